The van der Waals surface area contributed by atoms with Crippen molar-refractivity contribution >= 4 is 12.0 Å². The first-order valence-corrected chi connectivity index (χ1v) is 11.3. The molecule has 0 bridgehead atoms. The number of hydrogen-bond donors (Lipinski definition) is 0. The maximum Gasteiger partial charge on any atom is 0.410 e. The smallest absolute Gasteiger partial charge is 0.410 e. The van der Waals surface area contributed by atoms with Crippen molar-refractivity contribution in [3.05, 3.63) is 65.5 Å². The van der Waals surface area contributed by atoms with Gasteiger partial charge in [-0.1, -0.05) is 24.3 Å². The maximum atomic E-state index is 13.4. The second kappa shape index (κ2) is 10.7. The molecule has 2 amide bonds. The molecule has 1 aliphatic heterocycles. The number of carbonyl (C=O) groups excluding carboxylic acids is 2. The average Bonchev–Trinajstić information content (AvgIpc) is 2.78. The van der Waals surface area contributed by atoms with Crippen molar-refractivity contribution in [3.8, 4) is 5.75 Å². The molecule has 2 aromatic carbocycles. The molecule has 3 rings (SSSR count). The Morgan fingerprint density at radius 2 is 1.58 bits per heavy atom. The van der Waals surface area contributed by atoms with Gasteiger partial charge < -0.3 is 19.3 Å². The number of rotatable bonds is 6. The minimum atomic E-state index is -0.545. The normalized spacial score (nSPS) is 14.6. The third-order valence-electron chi connectivity index (χ3n) is 5.66. The summed E-state index contributed by atoms with van der Waals surface area (Å²) < 4.78 is 24.1. The van der Waals surface area contributed by atoms with Crippen LogP contribution < -0.4 is 4.74 Å². The molecule has 1 fully saturated rings. The summed E-state index contributed by atoms with van der Waals surface area (Å²) in [5, 5.41) is 0. The van der Waals surface area contributed by atoms with Gasteiger partial charge in [-0.2, -0.15) is 0 Å². The van der Waals surface area contributed by atoms with Gasteiger partial charge in [-0.15, -0.1) is 0 Å². The number of ether oxygens (including phenoxy) is 2. The molecule has 0 unspecified atom stereocenters. The molecular formula is C26H33FN2O4. The van der Waals surface area contributed by atoms with Gasteiger partial charge in [0.1, 0.15) is 17.2 Å². The second-order valence-electron chi connectivity index (χ2n) is 9.37. The summed E-state index contributed by atoms with van der Waals surface area (Å²) in [5.41, 5.74) is 1.22. The quantitative estimate of drug-likeness (QED) is 0.626. The van der Waals surface area contributed by atoms with Crippen molar-refractivity contribution in [3.63, 3.8) is 0 Å². The van der Waals surface area contributed by atoms with E-state index in [-0.39, 0.29) is 30.3 Å². The van der Waals surface area contributed by atoms with E-state index in [1.165, 1.54) is 12.1 Å². The Balaban J connectivity index is 1.70. The molecule has 1 saturated heterocycles. The summed E-state index contributed by atoms with van der Waals surface area (Å²) in [7, 11) is 1.61. The highest BCUT2D eigenvalue weighted by Gasteiger charge is 2.31. The number of likely N-dealkylation sites (tertiary alicyclic amines) is 1. The topological polar surface area (TPSA) is 59.1 Å². The van der Waals surface area contributed by atoms with Gasteiger partial charge in [0.15, 0.2) is 0 Å². The second-order valence-corrected chi connectivity index (χ2v) is 9.37. The Bertz CT molecular complexity index is 930. The van der Waals surface area contributed by atoms with Crippen molar-refractivity contribution in [2.24, 2.45) is 0 Å². The van der Waals surface area contributed by atoms with Crippen LogP contribution in [0, 0.1) is 5.82 Å². The van der Waals surface area contributed by atoms with Gasteiger partial charge in [-0.3, -0.25) is 4.79 Å². The highest BCUT2D eigenvalue weighted by atomic mass is 19.1. The lowest BCUT2D eigenvalue weighted by atomic mass is 10.0. The first kappa shape index (κ1) is 24.6. The Hall–Kier alpha value is -3.09. The largest absolute Gasteiger partial charge is 0.497 e. The lowest BCUT2D eigenvalue weighted by Gasteiger charge is -2.39. The predicted octanol–water partition coefficient (Wildman–Crippen LogP) is 4.81. The van der Waals surface area contributed by atoms with Crippen LogP contribution in [0.1, 0.15) is 44.7 Å². The first-order chi connectivity index (χ1) is 15.6. The lowest BCUT2D eigenvalue weighted by Crippen LogP contribution is -2.49. The number of piperidine rings is 1. The van der Waals surface area contributed by atoms with Crippen molar-refractivity contribution in [2.75, 3.05) is 20.2 Å². The fraction of sp³-hybridized carbons (Fsp3) is 0.462. The van der Waals surface area contributed by atoms with Crippen molar-refractivity contribution in [1.82, 2.24) is 9.80 Å². The minimum absolute atomic E-state index is 0.000194. The fourth-order valence-corrected chi connectivity index (χ4v) is 3.91. The van der Waals surface area contributed by atoms with E-state index in [1.807, 2.05) is 49.9 Å². The first-order valence-electron chi connectivity index (χ1n) is 11.3. The van der Waals surface area contributed by atoms with E-state index >= 15 is 0 Å². The van der Waals surface area contributed by atoms with E-state index in [0.717, 1.165) is 16.9 Å². The number of nitrogens with zero attached hydrogens (tertiary/aromatic N) is 2. The van der Waals surface area contributed by atoms with E-state index in [2.05, 4.69) is 0 Å². The summed E-state index contributed by atoms with van der Waals surface area (Å²) in [6, 6.07) is 13.7. The number of halogens is 1. The summed E-state index contributed by atoms with van der Waals surface area (Å²) in [5.74, 6) is 0.435. The van der Waals surface area contributed by atoms with Gasteiger partial charge in [0.05, 0.1) is 13.5 Å². The molecule has 0 N–H and O–H groups in total. The monoisotopic (exact) mass is 456 g/mol. The molecular weight excluding hydrogens is 423 g/mol. The van der Waals surface area contributed by atoms with Gasteiger partial charge >= 0.3 is 6.09 Å². The van der Waals surface area contributed by atoms with Gasteiger partial charge in [0.25, 0.3) is 0 Å². The third-order valence-corrected chi connectivity index (χ3v) is 5.66. The van der Waals surface area contributed by atoms with E-state index in [1.54, 1.807) is 24.1 Å². The molecule has 0 aliphatic carbocycles. The SMILES string of the molecule is COc1ccc(CC(=O)N(Cc2ccc(F)cc2)C2CCN(C(=O)OC(C)(C)C)CC2)cc1. The third kappa shape index (κ3) is 7.20. The van der Waals surface area contributed by atoms with Crippen LogP contribution in [0.2, 0.25) is 0 Å². The Morgan fingerprint density at radius 3 is 2.12 bits per heavy atom. The zero-order chi connectivity index (χ0) is 24.0. The Kier molecular flexibility index (Phi) is 7.95. The summed E-state index contributed by atoms with van der Waals surface area (Å²) in [6.45, 7) is 6.98. The maximum absolute atomic E-state index is 13.4. The molecule has 0 spiro atoms. The van der Waals surface area contributed by atoms with Crippen LogP contribution in [0.4, 0.5) is 9.18 Å². The fourth-order valence-electron chi connectivity index (χ4n) is 3.91. The molecule has 7 heteroatoms. The van der Waals surface area contributed by atoms with E-state index in [4.69, 9.17) is 9.47 Å². The predicted molar refractivity (Wildman–Crippen MR) is 124 cm³/mol. The summed E-state index contributed by atoms with van der Waals surface area (Å²) in [6.07, 6.45) is 1.26. The van der Waals surface area contributed by atoms with Gasteiger partial charge in [-0.05, 0) is 69.0 Å². The highest BCUT2D eigenvalue weighted by molar-refractivity contribution is 5.79. The van der Waals surface area contributed by atoms with Crippen LogP contribution in [-0.2, 0) is 22.5 Å². The highest BCUT2D eigenvalue weighted by Crippen LogP contribution is 2.23. The molecule has 33 heavy (non-hydrogen) atoms. The van der Waals surface area contributed by atoms with Crippen molar-refractivity contribution in [1.29, 1.82) is 0 Å². The molecule has 6 nitrogen and oxygen atoms in total. The molecule has 178 valence electrons. The number of carbonyl (C=O) groups is 2. The van der Waals surface area contributed by atoms with Crippen LogP contribution in [-0.4, -0.2) is 53.6 Å². The molecule has 2 aromatic rings. The molecule has 0 aromatic heterocycles. The summed E-state index contributed by atoms with van der Waals surface area (Å²) in [4.78, 5) is 29.3. The Morgan fingerprint density at radius 1 is 1.00 bits per heavy atom. The van der Waals surface area contributed by atoms with Crippen LogP contribution >= 0.6 is 0 Å². The number of methoxy groups -OCH3 is 1. The van der Waals surface area contributed by atoms with Gasteiger partial charge in [-0.25, -0.2) is 9.18 Å². The zero-order valence-corrected chi connectivity index (χ0v) is 19.8. The van der Waals surface area contributed by atoms with E-state index in [0.29, 0.717) is 32.5 Å². The molecule has 0 radical (unpaired) electrons. The molecule has 1 heterocycles. The van der Waals surface area contributed by atoms with Crippen LogP contribution in [0.25, 0.3) is 0 Å². The number of benzene rings is 2. The average molecular weight is 457 g/mol. The molecule has 1 aliphatic rings. The molecule has 0 saturated carbocycles. The summed E-state index contributed by atoms with van der Waals surface area (Å²) >= 11 is 0. The van der Waals surface area contributed by atoms with Crippen LogP contribution in [0.3, 0.4) is 0 Å². The van der Waals surface area contributed by atoms with Crippen LogP contribution in [0.15, 0.2) is 48.5 Å². The number of hydrogen-bond acceptors (Lipinski definition) is 4. The number of amides is 2. The van der Waals surface area contributed by atoms with E-state index < -0.39 is 5.60 Å². The van der Waals surface area contributed by atoms with Gasteiger partial charge in [0, 0.05) is 25.7 Å². The van der Waals surface area contributed by atoms with E-state index in [9.17, 15) is 14.0 Å². The zero-order valence-electron chi connectivity index (χ0n) is 19.8. The van der Waals surface area contributed by atoms with Crippen molar-refractivity contribution in [2.45, 2.75) is 58.2 Å². The van der Waals surface area contributed by atoms with Crippen molar-refractivity contribution < 1.29 is 23.5 Å². The molecule has 0 atom stereocenters. The van der Waals surface area contributed by atoms with Gasteiger partial charge in [0.2, 0.25) is 5.91 Å². The minimum Gasteiger partial charge on any atom is -0.497 e. The Labute approximate surface area is 195 Å². The van der Waals surface area contributed by atoms with Crippen LogP contribution in [0.5, 0.6) is 5.75 Å². The standard InChI is InChI=1S/C26H33FN2O4/c1-26(2,3)33-25(31)28-15-13-22(14-16-28)29(18-20-5-9-21(27)10-6-20)24(30)17-19-7-11-23(32-4)12-8-19/h5-12,22H,13-18H2,1-4H3. The lowest BCUT2D eigenvalue weighted by molar-refractivity contribution is -0.134.